The maximum atomic E-state index is 6.25. The number of nitrogens with zero attached hydrogens (tertiary/aromatic N) is 3. The van der Waals surface area contributed by atoms with Gasteiger partial charge in [0, 0.05) is 26.8 Å². The molecule has 1 aliphatic heterocycles. The Morgan fingerprint density at radius 2 is 2.04 bits per heavy atom. The van der Waals surface area contributed by atoms with Gasteiger partial charge in [-0.3, -0.25) is 9.67 Å². The molecular formula is C16H21ClIN5O2. The lowest BCUT2D eigenvalue weighted by atomic mass is 10.2. The van der Waals surface area contributed by atoms with Gasteiger partial charge in [-0.05, 0) is 23.8 Å². The number of benzene rings is 1. The number of aromatic nitrogens is 2. The molecular weight excluding hydrogens is 457 g/mol. The van der Waals surface area contributed by atoms with Gasteiger partial charge in [-0.15, -0.1) is 24.0 Å². The third-order valence-corrected chi connectivity index (χ3v) is 3.98. The van der Waals surface area contributed by atoms with Crippen LogP contribution in [0.1, 0.15) is 11.3 Å². The maximum absolute atomic E-state index is 6.25. The number of ether oxygens (including phenoxy) is 2. The number of hydrogen-bond acceptors (Lipinski definition) is 4. The van der Waals surface area contributed by atoms with Crippen LogP contribution in [0.5, 0.6) is 11.5 Å². The lowest BCUT2D eigenvalue weighted by Gasteiger charge is -2.20. The molecule has 25 heavy (non-hydrogen) atoms. The zero-order valence-electron chi connectivity index (χ0n) is 14.1. The molecule has 0 unspecified atom stereocenters. The van der Waals surface area contributed by atoms with Crippen molar-refractivity contribution in [3.8, 4) is 11.5 Å². The van der Waals surface area contributed by atoms with Gasteiger partial charge in [-0.2, -0.15) is 5.10 Å². The summed E-state index contributed by atoms with van der Waals surface area (Å²) in [4.78, 5) is 4.22. The second kappa shape index (κ2) is 9.14. The first-order valence-corrected chi connectivity index (χ1v) is 8.04. The first-order chi connectivity index (χ1) is 11.7. The average molecular weight is 478 g/mol. The zero-order chi connectivity index (χ0) is 16.9. The van der Waals surface area contributed by atoms with Crippen LogP contribution < -0.4 is 20.1 Å². The summed E-state index contributed by atoms with van der Waals surface area (Å²) in [5.74, 6) is 2.00. The predicted octanol–water partition coefficient (Wildman–Crippen LogP) is 2.33. The Morgan fingerprint density at radius 1 is 1.28 bits per heavy atom. The molecule has 136 valence electrons. The number of hydrogen-bond donors (Lipinski definition) is 2. The predicted molar refractivity (Wildman–Crippen MR) is 108 cm³/mol. The fourth-order valence-corrected chi connectivity index (χ4v) is 2.71. The van der Waals surface area contributed by atoms with Crippen molar-refractivity contribution in [3.05, 3.63) is 40.7 Å². The van der Waals surface area contributed by atoms with Gasteiger partial charge in [0.2, 0.25) is 0 Å². The van der Waals surface area contributed by atoms with Crippen molar-refractivity contribution in [2.75, 3.05) is 20.3 Å². The summed E-state index contributed by atoms with van der Waals surface area (Å²) < 4.78 is 12.9. The van der Waals surface area contributed by atoms with Crippen LogP contribution in [0.25, 0.3) is 0 Å². The third-order valence-electron chi connectivity index (χ3n) is 3.70. The minimum Gasteiger partial charge on any atom is -0.486 e. The molecule has 2 aromatic rings. The fourth-order valence-electron chi connectivity index (χ4n) is 2.42. The molecule has 2 N–H and O–H groups in total. The Hall–Kier alpha value is -1.68. The van der Waals surface area contributed by atoms with Crippen LogP contribution in [0.2, 0.25) is 5.02 Å². The molecule has 0 saturated carbocycles. The summed E-state index contributed by atoms with van der Waals surface area (Å²) in [7, 11) is 3.64. The van der Waals surface area contributed by atoms with E-state index in [1.165, 1.54) is 0 Å². The van der Waals surface area contributed by atoms with E-state index in [4.69, 9.17) is 21.1 Å². The Morgan fingerprint density at radius 3 is 2.76 bits per heavy atom. The smallest absolute Gasteiger partial charge is 0.191 e. The van der Waals surface area contributed by atoms with Crippen molar-refractivity contribution in [1.29, 1.82) is 0 Å². The molecule has 0 amide bonds. The van der Waals surface area contributed by atoms with E-state index in [0.717, 1.165) is 11.3 Å². The monoisotopic (exact) mass is 477 g/mol. The number of aliphatic imine (C=N–C) groups is 1. The van der Waals surface area contributed by atoms with Gasteiger partial charge < -0.3 is 20.1 Å². The van der Waals surface area contributed by atoms with Crippen molar-refractivity contribution in [1.82, 2.24) is 20.4 Å². The number of halogens is 2. The summed E-state index contributed by atoms with van der Waals surface area (Å²) in [6.45, 7) is 2.27. The van der Waals surface area contributed by atoms with Crippen molar-refractivity contribution in [2.24, 2.45) is 12.0 Å². The van der Waals surface area contributed by atoms with E-state index in [9.17, 15) is 0 Å². The maximum Gasteiger partial charge on any atom is 0.191 e. The molecule has 0 atom stereocenters. The van der Waals surface area contributed by atoms with E-state index in [-0.39, 0.29) is 24.0 Å². The van der Waals surface area contributed by atoms with Crippen molar-refractivity contribution >= 4 is 41.5 Å². The fraction of sp³-hybridized carbons (Fsp3) is 0.375. The average Bonchev–Trinajstić information content (AvgIpc) is 3.00. The van der Waals surface area contributed by atoms with Crippen molar-refractivity contribution < 1.29 is 9.47 Å². The van der Waals surface area contributed by atoms with Crippen molar-refractivity contribution in [2.45, 2.75) is 13.1 Å². The molecule has 3 rings (SSSR count). The number of rotatable bonds is 4. The molecule has 0 fully saturated rings. The molecule has 1 aromatic heterocycles. The number of aryl methyl sites for hydroxylation is 1. The Bertz CT molecular complexity index is 750. The van der Waals surface area contributed by atoms with E-state index < -0.39 is 0 Å². The van der Waals surface area contributed by atoms with Crippen molar-refractivity contribution in [3.63, 3.8) is 0 Å². The molecule has 0 saturated heterocycles. The second-order valence-corrected chi connectivity index (χ2v) is 5.73. The Kier molecular flexibility index (Phi) is 7.18. The van der Waals surface area contributed by atoms with Gasteiger partial charge in [-0.25, -0.2) is 0 Å². The van der Waals surface area contributed by atoms with Crippen LogP contribution >= 0.6 is 35.6 Å². The topological polar surface area (TPSA) is 72.7 Å². The lowest BCUT2D eigenvalue weighted by molar-refractivity contribution is 0.171. The molecule has 9 heteroatoms. The molecule has 0 spiro atoms. The third kappa shape index (κ3) is 4.91. The van der Waals surface area contributed by atoms with Gasteiger partial charge in [0.1, 0.15) is 13.2 Å². The van der Waals surface area contributed by atoms with E-state index >= 15 is 0 Å². The number of nitrogens with one attached hydrogen (secondary N) is 2. The molecule has 1 aliphatic rings. The molecule has 0 radical (unpaired) electrons. The lowest BCUT2D eigenvalue weighted by Crippen LogP contribution is -2.36. The van der Waals surface area contributed by atoms with Gasteiger partial charge >= 0.3 is 0 Å². The van der Waals surface area contributed by atoms with E-state index in [2.05, 4.69) is 20.7 Å². The minimum atomic E-state index is 0. The standard InChI is InChI=1S/C16H20ClN5O2.HI/c1-18-16(20-10-12-3-4-21-22(12)2)19-9-11-7-13(17)15-14(8-11)23-5-6-24-15;/h3-4,7-8H,5-6,9-10H2,1-2H3,(H2,18,19,20);1H. The summed E-state index contributed by atoms with van der Waals surface area (Å²) in [6.07, 6.45) is 1.77. The molecule has 0 aliphatic carbocycles. The molecule has 0 bridgehead atoms. The quantitative estimate of drug-likeness (QED) is 0.402. The molecule has 2 heterocycles. The summed E-state index contributed by atoms with van der Waals surface area (Å²) in [5, 5.41) is 11.2. The Labute approximate surface area is 168 Å². The highest BCUT2D eigenvalue weighted by atomic mass is 127. The Balaban J connectivity index is 0.00000225. The van der Waals surface area contributed by atoms with Crippen LogP contribution in [-0.4, -0.2) is 36.0 Å². The van der Waals surface area contributed by atoms with Crippen LogP contribution in [-0.2, 0) is 20.1 Å². The normalized spacial score (nSPS) is 13.2. The highest BCUT2D eigenvalue weighted by molar-refractivity contribution is 14.0. The van der Waals surface area contributed by atoms with Crippen LogP contribution in [0, 0.1) is 0 Å². The largest absolute Gasteiger partial charge is 0.486 e. The summed E-state index contributed by atoms with van der Waals surface area (Å²) in [5.41, 5.74) is 2.06. The first kappa shape index (κ1) is 19.6. The van der Waals surface area contributed by atoms with E-state index in [1.54, 1.807) is 13.2 Å². The van der Waals surface area contributed by atoms with Crippen LogP contribution in [0.3, 0.4) is 0 Å². The highest BCUT2D eigenvalue weighted by Gasteiger charge is 2.16. The number of guanidine groups is 1. The molecule has 1 aromatic carbocycles. The summed E-state index contributed by atoms with van der Waals surface area (Å²) in [6, 6.07) is 5.76. The highest BCUT2D eigenvalue weighted by Crippen LogP contribution is 2.38. The van der Waals surface area contributed by atoms with Gasteiger partial charge in [0.25, 0.3) is 0 Å². The molecule has 7 nitrogen and oxygen atoms in total. The van der Waals surface area contributed by atoms with Gasteiger partial charge in [0.15, 0.2) is 17.5 Å². The van der Waals surface area contributed by atoms with E-state index in [0.29, 0.717) is 48.8 Å². The zero-order valence-corrected chi connectivity index (χ0v) is 17.2. The van der Waals surface area contributed by atoms with Crippen LogP contribution in [0.4, 0.5) is 0 Å². The number of fused-ring (bicyclic) bond motifs is 1. The van der Waals surface area contributed by atoms with Gasteiger partial charge in [-0.1, -0.05) is 11.6 Å². The minimum absolute atomic E-state index is 0. The first-order valence-electron chi connectivity index (χ1n) is 7.67. The van der Waals surface area contributed by atoms with E-state index in [1.807, 2.05) is 29.9 Å². The van der Waals surface area contributed by atoms with Gasteiger partial charge in [0.05, 0.1) is 17.3 Å². The van der Waals surface area contributed by atoms with Crippen LogP contribution in [0.15, 0.2) is 29.4 Å². The second-order valence-electron chi connectivity index (χ2n) is 5.33. The summed E-state index contributed by atoms with van der Waals surface area (Å²) >= 11 is 6.25. The SMILES string of the molecule is CN=C(NCc1cc(Cl)c2c(c1)OCCO2)NCc1ccnn1C.I.